The third kappa shape index (κ3) is 3.73. The highest BCUT2D eigenvalue weighted by atomic mass is 127. The van der Waals surface area contributed by atoms with Gasteiger partial charge in [-0.1, -0.05) is 20.3 Å². The maximum Gasteiger partial charge on any atom is 0.256 e. The van der Waals surface area contributed by atoms with Crippen LogP contribution in [0.15, 0.2) is 6.20 Å². The summed E-state index contributed by atoms with van der Waals surface area (Å²) < 4.78 is 9.80. The van der Waals surface area contributed by atoms with Crippen LogP contribution in [0.25, 0.3) is 0 Å². The minimum atomic E-state index is 0. The maximum atomic E-state index is 5.19. The molecule has 1 aromatic heterocycles. The molecule has 0 aromatic carbocycles. The minimum absolute atomic E-state index is 0. The highest BCUT2D eigenvalue weighted by molar-refractivity contribution is 4.97. The van der Waals surface area contributed by atoms with Gasteiger partial charge in [0.2, 0.25) is 0 Å². The van der Waals surface area contributed by atoms with E-state index in [1.165, 1.54) is 24.4 Å². The fraction of sp³-hybridized carbons (Fsp3) is 0.750. The van der Waals surface area contributed by atoms with Crippen molar-refractivity contribution in [2.24, 2.45) is 7.05 Å². The Balaban J connectivity index is 0.00000225. The van der Waals surface area contributed by atoms with E-state index in [4.69, 9.17) is 4.74 Å². The van der Waals surface area contributed by atoms with Crippen LogP contribution in [0.5, 0.6) is 0 Å². The molecule has 0 aliphatic rings. The summed E-state index contributed by atoms with van der Waals surface area (Å²) in [6.07, 6.45) is 5.78. The number of unbranched alkanes of at least 4 members (excludes halogenated alkanes) is 1. The molecule has 1 heterocycles. The molecule has 0 spiro atoms. The van der Waals surface area contributed by atoms with Gasteiger partial charge in [0.15, 0.2) is 5.69 Å². The van der Waals surface area contributed by atoms with Crippen LogP contribution in [0, 0.1) is 0 Å². The predicted octanol–water partition coefficient (Wildman–Crippen LogP) is -1.17. The SMILES string of the molecule is CCCC[n+]1cc(COC)n(C)c1CC.[I-]. The average Bonchev–Trinajstić information content (AvgIpc) is 2.53. The Morgan fingerprint density at radius 2 is 2.06 bits per heavy atom. The largest absolute Gasteiger partial charge is 1.00 e. The summed E-state index contributed by atoms with van der Waals surface area (Å²) in [5.41, 5.74) is 1.26. The Morgan fingerprint density at radius 1 is 1.38 bits per heavy atom. The number of nitrogens with zero attached hydrogens (tertiary/aromatic N) is 2. The molecular weight excluding hydrogens is 315 g/mol. The molecule has 0 aliphatic carbocycles. The zero-order valence-electron chi connectivity index (χ0n) is 10.8. The molecule has 0 amide bonds. The van der Waals surface area contributed by atoms with Gasteiger partial charge >= 0.3 is 0 Å². The monoisotopic (exact) mass is 338 g/mol. The smallest absolute Gasteiger partial charge is 0.256 e. The fourth-order valence-corrected chi connectivity index (χ4v) is 1.94. The van der Waals surface area contributed by atoms with Crippen molar-refractivity contribution in [1.82, 2.24) is 4.57 Å². The molecule has 3 nitrogen and oxygen atoms in total. The number of imidazole rings is 1. The summed E-state index contributed by atoms with van der Waals surface area (Å²) >= 11 is 0. The van der Waals surface area contributed by atoms with E-state index < -0.39 is 0 Å². The highest BCUT2D eigenvalue weighted by Crippen LogP contribution is 2.04. The number of aryl methyl sites for hydroxylation is 1. The van der Waals surface area contributed by atoms with Crippen LogP contribution in [0.3, 0.4) is 0 Å². The van der Waals surface area contributed by atoms with Crippen LogP contribution in [0.4, 0.5) is 0 Å². The van der Waals surface area contributed by atoms with E-state index in [2.05, 4.69) is 36.2 Å². The fourth-order valence-electron chi connectivity index (χ4n) is 1.94. The molecule has 94 valence electrons. The minimum Gasteiger partial charge on any atom is -1.00 e. The number of aromatic nitrogens is 2. The molecule has 0 saturated carbocycles. The summed E-state index contributed by atoms with van der Waals surface area (Å²) in [7, 11) is 3.87. The summed E-state index contributed by atoms with van der Waals surface area (Å²) in [6.45, 7) is 6.25. The number of ether oxygens (including phenoxy) is 1. The normalized spacial score (nSPS) is 10.2. The molecule has 0 bridgehead atoms. The molecule has 0 N–H and O–H groups in total. The molecule has 0 radical (unpaired) electrons. The van der Waals surface area contributed by atoms with E-state index in [1.54, 1.807) is 7.11 Å². The van der Waals surface area contributed by atoms with Crippen molar-refractivity contribution in [3.05, 3.63) is 17.7 Å². The summed E-state index contributed by atoms with van der Waals surface area (Å²) in [5, 5.41) is 0. The number of rotatable bonds is 6. The van der Waals surface area contributed by atoms with Gasteiger partial charge in [0.25, 0.3) is 5.82 Å². The van der Waals surface area contributed by atoms with Gasteiger partial charge in [0.1, 0.15) is 12.8 Å². The van der Waals surface area contributed by atoms with Crippen molar-refractivity contribution in [3.63, 3.8) is 0 Å². The van der Waals surface area contributed by atoms with Crippen LogP contribution in [-0.2, 0) is 31.4 Å². The third-order valence-electron chi connectivity index (χ3n) is 2.82. The molecule has 4 heteroatoms. The second kappa shape index (κ2) is 8.06. The lowest BCUT2D eigenvalue weighted by molar-refractivity contribution is -0.704. The van der Waals surface area contributed by atoms with Gasteiger partial charge in [-0.2, -0.15) is 0 Å². The van der Waals surface area contributed by atoms with E-state index in [-0.39, 0.29) is 24.0 Å². The van der Waals surface area contributed by atoms with Crippen molar-refractivity contribution >= 4 is 0 Å². The molecule has 0 fully saturated rings. The van der Waals surface area contributed by atoms with Crippen molar-refractivity contribution < 1.29 is 33.3 Å². The van der Waals surface area contributed by atoms with Gasteiger partial charge in [-0.25, -0.2) is 9.13 Å². The molecule has 1 rings (SSSR count). The number of methoxy groups -OCH3 is 1. The van der Waals surface area contributed by atoms with Crippen molar-refractivity contribution in [2.75, 3.05) is 7.11 Å². The third-order valence-corrected chi connectivity index (χ3v) is 2.82. The number of hydrogen-bond donors (Lipinski definition) is 0. The van der Waals surface area contributed by atoms with Gasteiger partial charge < -0.3 is 28.7 Å². The lowest BCUT2D eigenvalue weighted by Gasteiger charge is -1.99. The van der Waals surface area contributed by atoms with Crippen LogP contribution < -0.4 is 28.5 Å². The van der Waals surface area contributed by atoms with Gasteiger partial charge in [0.05, 0.1) is 13.6 Å². The van der Waals surface area contributed by atoms with Gasteiger partial charge in [0, 0.05) is 13.5 Å². The Morgan fingerprint density at radius 3 is 2.56 bits per heavy atom. The molecule has 0 unspecified atom stereocenters. The van der Waals surface area contributed by atoms with E-state index in [9.17, 15) is 0 Å². The molecule has 0 saturated heterocycles. The second-order valence-electron chi connectivity index (χ2n) is 3.93. The first-order valence-corrected chi connectivity index (χ1v) is 5.80. The van der Waals surface area contributed by atoms with Crippen LogP contribution in [-0.4, -0.2) is 11.7 Å². The topological polar surface area (TPSA) is 18.0 Å². The highest BCUT2D eigenvalue weighted by Gasteiger charge is 2.17. The second-order valence-corrected chi connectivity index (χ2v) is 3.93. The van der Waals surface area contributed by atoms with Gasteiger partial charge in [-0.15, -0.1) is 0 Å². The Bertz CT molecular complexity index is 310. The maximum absolute atomic E-state index is 5.19. The first-order valence-electron chi connectivity index (χ1n) is 5.80. The Labute approximate surface area is 116 Å². The van der Waals surface area contributed by atoms with Crippen molar-refractivity contribution in [2.45, 2.75) is 46.3 Å². The molecule has 0 atom stereocenters. The first kappa shape index (κ1) is 15.9. The van der Waals surface area contributed by atoms with E-state index in [0.717, 1.165) is 13.0 Å². The number of hydrogen-bond acceptors (Lipinski definition) is 1. The summed E-state index contributed by atoms with van der Waals surface area (Å²) in [5.74, 6) is 1.38. The molecule has 1 aromatic rings. The predicted molar refractivity (Wildman–Crippen MR) is 60.6 cm³/mol. The molecule has 16 heavy (non-hydrogen) atoms. The summed E-state index contributed by atoms with van der Waals surface area (Å²) in [6, 6.07) is 0. The van der Waals surface area contributed by atoms with Gasteiger partial charge in [-0.3, -0.25) is 0 Å². The van der Waals surface area contributed by atoms with Crippen LogP contribution in [0.2, 0.25) is 0 Å². The Kier molecular flexibility index (Phi) is 8.01. The average molecular weight is 338 g/mol. The number of halogens is 1. The van der Waals surface area contributed by atoms with Crippen LogP contribution >= 0.6 is 0 Å². The zero-order chi connectivity index (χ0) is 11.3. The first-order chi connectivity index (χ1) is 7.24. The van der Waals surface area contributed by atoms with Crippen LogP contribution in [0.1, 0.15) is 38.2 Å². The van der Waals surface area contributed by atoms with E-state index in [1.807, 2.05) is 0 Å². The standard InChI is InChI=1S/C12H23N2O.HI/c1-5-7-8-14-9-11(10-15-4)13(3)12(14)6-2;/h9H,5-8,10H2,1-4H3;1H/q+1;/p-1. The molecule has 0 aliphatic heterocycles. The molecular formula is C12H23IN2O. The lowest BCUT2D eigenvalue weighted by atomic mass is 10.3. The summed E-state index contributed by atoms with van der Waals surface area (Å²) in [4.78, 5) is 0. The Hall–Kier alpha value is -0.100. The lowest BCUT2D eigenvalue weighted by Crippen LogP contribution is -3.00. The van der Waals surface area contributed by atoms with Crippen molar-refractivity contribution in [1.29, 1.82) is 0 Å². The van der Waals surface area contributed by atoms with Crippen molar-refractivity contribution in [3.8, 4) is 0 Å². The van der Waals surface area contributed by atoms with Gasteiger partial charge in [-0.05, 0) is 6.42 Å². The van der Waals surface area contributed by atoms with E-state index in [0.29, 0.717) is 6.61 Å². The zero-order valence-corrected chi connectivity index (χ0v) is 13.0. The quantitative estimate of drug-likeness (QED) is 0.472. The van der Waals surface area contributed by atoms with E-state index >= 15 is 0 Å².